The topological polar surface area (TPSA) is 58.6 Å². The van der Waals surface area contributed by atoms with Crippen LogP contribution in [-0.2, 0) is 9.53 Å². The van der Waals surface area contributed by atoms with Gasteiger partial charge in [0.05, 0.1) is 7.11 Å². The highest BCUT2D eigenvalue weighted by Crippen LogP contribution is 2.16. The molecule has 0 aromatic carbocycles. The predicted octanol–water partition coefficient (Wildman–Crippen LogP) is 1.91. The number of carbonyl (C=O) groups is 2. The van der Waals surface area contributed by atoms with Gasteiger partial charge in [-0.05, 0) is 32.6 Å². The van der Waals surface area contributed by atoms with Crippen LogP contribution in [0.4, 0.5) is 4.79 Å². The highest BCUT2D eigenvalue weighted by atomic mass is 16.5. The quantitative estimate of drug-likeness (QED) is 0.782. The smallest absolute Gasteiger partial charge is 0.331 e. The van der Waals surface area contributed by atoms with Crippen LogP contribution in [0, 0.1) is 0 Å². The molecule has 1 saturated heterocycles. The van der Waals surface area contributed by atoms with Gasteiger partial charge in [-0.15, -0.1) is 0 Å². The van der Waals surface area contributed by atoms with Gasteiger partial charge in [-0.25, -0.2) is 9.59 Å². The first-order valence-electron chi connectivity index (χ1n) is 6.69. The SMILES string of the molecule is CCCC(C)(NC(=O)N1CCCCC1)C(=O)OC. The summed E-state index contributed by atoms with van der Waals surface area (Å²) in [7, 11) is 1.35. The summed E-state index contributed by atoms with van der Waals surface area (Å²) in [6, 6.07) is -0.156. The largest absolute Gasteiger partial charge is 0.467 e. The second-order valence-corrected chi connectivity index (χ2v) is 5.05. The Morgan fingerprint density at radius 3 is 2.39 bits per heavy atom. The molecule has 1 heterocycles. The van der Waals surface area contributed by atoms with Gasteiger partial charge in [0.1, 0.15) is 5.54 Å². The van der Waals surface area contributed by atoms with Crippen molar-refractivity contribution in [2.75, 3.05) is 20.2 Å². The van der Waals surface area contributed by atoms with Crippen molar-refractivity contribution < 1.29 is 14.3 Å². The van der Waals surface area contributed by atoms with Crippen molar-refractivity contribution in [3.63, 3.8) is 0 Å². The number of carbonyl (C=O) groups excluding carboxylic acids is 2. The van der Waals surface area contributed by atoms with E-state index >= 15 is 0 Å². The molecule has 1 atom stereocenters. The average molecular weight is 256 g/mol. The molecule has 1 fully saturated rings. The van der Waals surface area contributed by atoms with Crippen LogP contribution in [0.2, 0.25) is 0 Å². The third-order valence-electron chi connectivity index (χ3n) is 3.41. The van der Waals surface area contributed by atoms with Crippen molar-refractivity contribution in [2.45, 2.75) is 51.5 Å². The molecule has 1 aliphatic heterocycles. The lowest BCUT2D eigenvalue weighted by Gasteiger charge is -2.33. The average Bonchev–Trinajstić information content (AvgIpc) is 2.39. The lowest BCUT2D eigenvalue weighted by molar-refractivity contribution is -0.147. The van der Waals surface area contributed by atoms with Crippen LogP contribution in [0.1, 0.15) is 46.0 Å². The highest BCUT2D eigenvalue weighted by molar-refractivity contribution is 5.87. The molecule has 0 aromatic heterocycles. The van der Waals surface area contributed by atoms with Crippen molar-refractivity contribution in [3.05, 3.63) is 0 Å². The minimum atomic E-state index is -0.919. The van der Waals surface area contributed by atoms with Crippen LogP contribution < -0.4 is 5.32 Å². The first-order chi connectivity index (χ1) is 8.53. The fourth-order valence-electron chi connectivity index (χ4n) is 2.35. The van der Waals surface area contributed by atoms with Gasteiger partial charge >= 0.3 is 12.0 Å². The number of hydrogen-bond donors (Lipinski definition) is 1. The summed E-state index contributed by atoms with van der Waals surface area (Å²) >= 11 is 0. The summed E-state index contributed by atoms with van der Waals surface area (Å²) in [6.07, 6.45) is 4.64. The van der Waals surface area contributed by atoms with Gasteiger partial charge in [0, 0.05) is 13.1 Å². The van der Waals surface area contributed by atoms with E-state index < -0.39 is 5.54 Å². The number of rotatable bonds is 4. The van der Waals surface area contributed by atoms with Gasteiger partial charge < -0.3 is 15.0 Å². The predicted molar refractivity (Wildman–Crippen MR) is 69.3 cm³/mol. The van der Waals surface area contributed by atoms with E-state index in [1.165, 1.54) is 13.5 Å². The Hall–Kier alpha value is -1.26. The Bertz CT molecular complexity index is 301. The number of urea groups is 1. The molecule has 0 saturated carbocycles. The van der Waals surface area contributed by atoms with Crippen LogP contribution in [0.3, 0.4) is 0 Å². The molecular weight excluding hydrogens is 232 g/mol. The van der Waals surface area contributed by atoms with Crippen molar-refractivity contribution >= 4 is 12.0 Å². The molecule has 104 valence electrons. The molecule has 0 bridgehead atoms. The molecule has 18 heavy (non-hydrogen) atoms. The maximum absolute atomic E-state index is 12.1. The molecular formula is C13H24N2O3. The number of nitrogens with one attached hydrogen (secondary N) is 1. The number of nitrogens with zero attached hydrogens (tertiary/aromatic N) is 1. The zero-order valence-electron chi connectivity index (χ0n) is 11.6. The number of ether oxygens (including phenoxy) is 1. The number of piperidine rings is 1. The van der Waals surface area contributed by atoms with E-state index in [2.05, 4.69) is 5.32 Å². The maximum atomic E-state index is 12.1. The van der Waals surface area contributed by atoms with E-state index in [4.69, 9.17) is 4.74 Å². The van der Waals surface area contributed by atoms with Crippen molar-refractivity contribution in [3.8, 4) is 0 Å². The molecule has 1 aliphatic rings. The number of hydrogen-bond acceptors (Lipinski definition) is 3. The second-order valence-electron chi connectivity index (χ2n) is 5.05. The minimum Gasteiger partial charge on any atom is -0.467 e. The van der Waals surface area contributed by atoms with E-state index in [0.717, 1.165) is 32.4 Å². The third kappa shape index (κ3) is 3.62. The van der Waals surface area contributed by atoms with Crippen molar-refractivity contribution in [1.82, 2.24) is 10.2 Å². The Kier molecular flexibility index (Phi) is 5.44. The van der Waals surface area contributed by atoms with Crippen LogP contribution >= 0.6 is 0 Å². The molecule has 0 aliphatic carbocycles. The Morgan fingerprint density at radius 1 is 1.28 bits per heavy atom. The molecule has 1 rings (SSSR count). The summed E-state index contributed by atoms with van der Waals surface area (Å²) in [5.74, 6) is -0.380. The van der Waals surface area contributed by atoms with Gasteiger partial charge in [-0.2, -0.15) is 0 Å². The lowest BCUT2D eigenvalue weighted by Crippen LogP contribution is -2.57. The zero-order chi connectivity index (χ0) is 13.6. The Morgan fingerprint density at radius 2 is 1.89 bits per heavy atom. The number of amides is 2. The van der Waals surface area contributed by atoms with Gasteiger partial charge in [-0.1, -0.05) is 13.3 Å². The standard InChI is InChI=1S/C13H24N2O3/c1-4-8-13(2,11(16)18-3)14-12(17)15-9-6-5-7-10-15/h4-10H2,1-3H3,(H,14,17). The molecule has 5 heteroatoms. The molecule has 0 aromatic rings. The van der Waals surface area contributed by atoms with Gasteiger partial charge in [0.15, 0.2) is 0 Å². The number of likely N-dealkylation sites (tertiary alicyclic amines) is 1. The second kappa shape index (κ2) is 6.61. The lowest BCUT2D eigenvalue weighted by atomic mass is 9.96. The van der Waals surface area contributed by atoms with Gasteiger partial charge in [0.2, 0.25) is 0 Å². The summed E-state index contributed by atoms with van der Waals surface area (Å²) in [4.78, 5) is 25.7. The first kappa shape index (κ1) is 14.8. The van der Waals surface area contributed by atoms with Crippen LogP contribution in [0.25, 0.3) is 0 Å². The van der Waals surface area contributed by atoms with E-state index in [0.29, 0.717) is 6.42 Å². The van der Waals surface area contributed by atoms with E-state index in [1.807, 2.05) is 6.92 Å². The van der Waals surface area contributed by atoms with Crippen LogP contribution in [0.5, 0.6) is 0 Å². The zero-order valence-corrected chi connectivity index (χ0v) is 11.6. The monoisotopic (exact) mass is 256 g/mol. The van der Waals surface area contributed by atoms with Crippen molar-refractivity contribution in [2.24, 2.45) is 0 Å². The van der Waals surface area contributed by atoms with Crippen molar-refractivity contribution in [1.29, 1.82) is 0 Å². The first-order valence-corrected chi connectivity index (χ1v) is 6.69. The summed E-state index contributed by atoms with van der Waals surface area (Å²) in [6.45, 7) is 5.25. The van der Waals surface area contributed by atoms with Gasteiger partial charge in [-0.3, -0.25) is 0 Å². The summed E-state index contributed by atoms with van der Waals surface area (Å²) in [5.41, 5.74) is -0.919. The number of methoxy groups -OCH3 is 1. The van der Waals surface area contributed by atoms with E-state index in [9.17, 15) is 9.59 Å². The maximum Gasteiger partial charge on any atom is 0.331 e. The number of esters is 1. The fraction of sp³-hybridized carbons (Fsp3) is 0.846. The summed E-state index contributed by atoms with van der Waals surface area (Å²) < 4.78 is 4.78. The molecule has 1 N–H and O–H groups in total. The third-order valence-corrected chi connectivity index (χ3v) is 3.41. The van der Waals surface area contributed by atoms with Crippen LogP contribution in [0.15, 0.2) is 0 Å². The van der Waals surface area contributed by atoms with E-state index in [-0.39, 0.29) is 12.0 Å². The van der Waals surface area contributed by atoms with Crippen LogP contribution in [-0.4, -0.2) is 42.6 Å². The Labute approximate surface area is 109 Å². The molecule has 2 amide bonds. The Balaban J connectivity index is 2.64. The van der Waals surface area contributed by atoms with Gasteiger partial charge in [0.25, 0.3) is 0 Å². The molecule has 0 spiro atoms. The fourth-order valence-corrected chi connectivity index (χ4v) is 2.35. The minimum absolute atomic E-state index is 0.156. The normalized spacial score (nSPS) is 18.9. The summed E-state index contributed by atoms with van der Waals surface area (Å²) in [5, 5.41) is 2.83. The highest BCUT2D eigenvalue weighted by Gasteiger charge is 2.36. The molecule has 1 unspecified atom stereocenters. The molecule has 0 radical (unpaired) electrons. The van der Waals surface area contributed by atoms with E-state index in [1.54, 1.807) is 11.8 Å². The molecule has 5 nitrogen and oxygen atoms in total.